The number of hydrogen-bond acceptors (Lipinski definition) is 4. The zero-order valence-electron chi connectivity index (χ0n) is 15.5. The fraction of sp³-hybridized carbons (Fsp3) is 0.611. The van der Waals surface area contributed by atoms with Gasteiger partial charge in [0.15, 0.2) is 11.5 Å². The topological polar surface area (TPSA) is 62.8 Å². The van der Waals surface area contributed by atoms with Crippen LogP contribution in [0.1, 0.15) is 25.8 Å². The van der Waals surface area contributed by atoms with Crippen LogP contribution in [0.4, 0.5) is 4.79 Å². The van der Waals surface area contributed by atoms with E-state index in [-0.39, 0.29) is 6.03 Å². The maximum atomic E-state index is 11.8. The van der Waals surface area contributed by atoms with Gasteiger partial charge in [0.05, 0.1) is 14.2 Å². The monoisotopic (exact) mass is 337 g/mol. The van der Waals surface area contributed by atoms with Crippen molar-refractivity contribution >= 4 is 6.03 Å². The van der Waals surface area contributed by atoms with E-state index in [1.807, 2.05) is 18.2 Å². The first-order valence-corrected chi connectivity index (χ1v) is 8.44. The fourth-order valence-corrected chi connectivity index (χ4v) is 2.30. The van der Waals surface area contributed by atoms with Gasteiger partial charge < -0.3 is 25.0 Å². The summed E-state index contributed by atoms with van der Waals surface area (Å²) >= 11 is 0. The maximum absolute atomic E-state index is 11.8. The minimum atomic E-state index is -0.131. The smallest absolute Gasteiger partial charge is 0.314 e. The number of carbonyl (C=O) groups excluding carboxylic acids is 1. The third-order valence-corrected chi connectivity index (χ3v) is 4.24. The van der Waals surface area contributed by atoms with E-state index in [4.69, 9.17) is 9.47 Å². The number of nitrogens with zero attached hydrogens (tertiary/aromatic N) is 1. The van der Waals surface area contributed by atoms with E-state index in [2.05, 4.69) is 36.4 Å². The average molecular weight is 337 g/mol. The van der Waals surface area contributed by atoms with E-state index in [0.29, 0.717) is 30.6 Å². The van der Waals surface area contributed by atoms with E-state index in [9.17, 15) is 4.79 Å². The van der Waals surface area contributed by atoms with E-state index in [1.165, 1.54) is 0 Å². The van der Waals surface area contributed by atoms with Crippen molar-refractivity contribution in [2.24, 2.45) is 0 Å². The van der Waals surface area contributed by atoms with Crippen molar-refractivity contribution < 1.29 is 14.3 Å². The molecule has 1 rings (SSSR count). The molecule has 1 aromatic carbocycles. The van der Waals surface area contributed by atoms with Crippen LogP contribution in [-0.2, 0) is 6.42 Å². The Balaban J connectivity index is 2.28. The number of urea groups is 1. The molecule has 0 bridgehead atoms. The first-order chi connectivity index (χ1) is 11.5. The Bertz CT molecular complexity index is 508. The molecule has 0 saturated heterocycles. The van der Waals surface area contributed by atoms with Gasteiger partial charge in [0.25, 0.3) is 0 Å². The lowest BCUT2D eigenvalue weighted by atomic mass is 10.1. The molecule has 1 unspecified atom stereocenters. The lowest BCUT2D eigenvalue weighted by Gasteiger charge is -2.23. The first kappa shape index (κ1) is 20.1. The van der Waals surface area contributed by atoms with Crippen LogP contribution < -0.4 is 20.1 Å². The zero-order valence-corrected chi connectivity index (χ0v) is 15.5. The Labute approximate surface area is 145 Å². The highest BCUT2D eigenvalue weighted by molar-refractivity contribution is 5.73. The molecule has 136 valence electrons. The second-order valence-corrected chi connectivity index (χ2v) is 5.86. The molecule has 0 aliphatic carbocycles. The molecule has 0 saturated carbocycles. The number of likely N-dealkylation sites (N-methyl/N-ethyl adjacent to an activating group) is 1. The molecule has 0 radical (unpaired) electrons. The summed E-state index contributed by atoms with van der Waals surface area (Å²) in [6.45, 7) is 6.41. The van der Waals surface area contributed by atoms with Crippen LogP contribution in [0.15, 0.2) is 18.2 Å². The maximum Gasteiger partial charge on any atom is 0.314 e. The minimum Gasteiger partial charge on any atom is -0.493 e. The fourth-order valence-electron chi connectivity index (χ4n) is 2.30. The van der Waals surface area contributed by atoms with E-state index < -0.39 is 0 Å². The normalized spacial score (nSPS) is 11.9. The molecule has 2 N–H and O–H groups in total. The van der Waals surface area contributed by atoms with E-state index in [0.717, 1.165) is 24.9 Å². The second kappa shape index (κ2) is 10.8. The Morgan fingerprint density at radius 3 is 2.46 bits per heavy atom. The van der Waals surface area contributed by atoms with Crippen LogP contribution in [0.2, 0.25) is 0 Å². The third-order valence-electron chi connectivity index (χ3n) is 4.24. The van der Waals surface area contributed by atoms with Crippen LogP contribution in [-0.4, -0.2) is 57.9 Å². The standard InChI is InChI=1S/C18H31N3O3/c1-6-14(2)21(3)12-11-20-18(22)19-10-9-15-7-8-16(23-4)17(13-15)24-5/h7-8,13-14H,6,9-12H2,1-5H3,(H2,19,20,22). The second-order valence-electron chi connectivity index (χ2n) is 5.86. The van der Waals surface area contributed by atoms with Crippen molar-refractivity contribution in [2.45, 2.75) is 32.7 Å². The zero-order chi connectivity index (χ0) is 17.9. The highest BCUT2D eigenvalue weighted by atomic mass is 16.5. The van der Waals surface area contributed by atoms with Gasteiger partial charge >= 0.3 is 6.03 Å². The van der Waals surface area contributed by atoms with Crippen molar-refractivity contribution in [1.29, 1.82) is 0 Å². The molecule has 0 heterocycles. The van der Waals surface area contributed by atoms with Gasteiger partial charge in [0, 0.05) is 25.7 Å². The van der Waals surface area contributed by atoms with Gasteiger partial charge in [-0.25, -0.2) is 4.79 Å². The number of hydrogen-bond donors (Lipinski definition) is 2. The molecule has 2 amide bonds. The van der Waals surface area contributed by atoms with Crippen LogP contribution in [0.25, 0.3) is 0 Å². The number of methoxy groups -OCH3 is 2. The summed E-state index contributed by atoms with van der Waals surface area (Å²) in [5.74, 6) is 1.41. The summed E-state index contributed by atoms with van der Waals surface area (Å²) in [5, 5.41) is 5.76. The summed E-state index contributed by atoms with van der Waals surface area (Å²) in [7, 11) is 5.30. The summed E-state index contributed by atoms with van der Waals surface area (Å²) in [6, 6.07) is 6.17. The average Bonchev–Trinajstić information content (AvgIpc) is 2.60. The Hall–Kier alpha value is -1.95. The van der Waals surface area contributed by atoms with Gasteiger partial charge in [-0.05, 0) is 44.5 Å². The van der Waals surface area contributed by atoms with Crippen LogP contribution in [0, 0.1) is 0 Å². The molecular formula is C18H31N3O3. The molecule has 1 atom stereocenters. The Kier molecular flexibility index (Phi) is 9.01. The number of carbonyl (C=O) groups is 1. The molecule has 0 aliphatic heterocycles. The number of benzene rings is 1. The lowest BCUT2D eigenvalue weighted by molar-refractivity contribution is 0.230. The molecule has 1 aromatic rings. The predicted octanol–water partition coefficient (Wildman–Crippen LogP) is 2.28. The number of ether oxygens (including phenoxy) is 2. The highest BCUT2D eigenvalue weighted by Gasteiger charge is 2.07. The number of nitrogens with one attached hydrogen (secondary N) is 2. The minimum absolute atomic E-state index is 0.131. The van der Waals surface area contributed by atoms with Crippen molar-refractivity contribution in [3.8, 4) is 11.5 Å². The predicted molar refractivity (Wildman–Crippen MR) is 97.0 cm³/mol. The van der Waals surface area contributed by atoms with Crippen molar-refractivity contribution in [3.05, 3.63) is 23.8 Å². The molecule has 6 heteroatoms. The van der Waals surface area contributed by atoms with E-state index >= 15 is 0 Å². The molecule has 24 heavy (non-hydrogen) atoms. The Morgan fingerprint density at radius 2 is 1.83 bits per heavy atom. The largest absolute Gasteiger partial charge is 0.493 e. The van der Waals surface area contributed by atoms with Gasteiger partial charge in [-0.2, -0.15) is 0 Å². The van der Waals surface area contributed by atoms with Crippen LogP contribution in [0.3, 0.4) is 0 Å². The first-order valence-electron chi connectivity index (χ1n) is 8.44. The summed E-state index contributed by atoms with van der Waals surface area (Å²) < 4.78 is 10.5. The van der Waals surface area contributed by atoms with Crippen LogP contribution in [0.5, 0.6) is 11.5 Å². The van der Waals surface area contributed by atoms with Crippen molar-refractivity contribution in [3.63, 3.8) is 0 Å². The summed E-state index contributed by atoms with van der Waals surface area (Å²) in [5.41, 5.74) is 1.09. The lowest BCUT2D eigenvalue weighted by Crippen LogP contribution is -2.41. The molecule has 0 aromatic heterocycles. The molecule has 0 spiro atoms. The van der Waals surface area contributed by atoms with Gasteiger partial charge in [0.2, 0.25) is 0 Å². The van der Waals surface area contributed by atoms with Crippen molar-refractivity contribution in [2.75, 3.05) is 40.9 Å². The molecule has 0 fully saturated rings. The van der Waals surface area contributed by atoms with Gasteiger partial charge in [0.1, 0.15) is 0 Å². The SMILES string of the molecule is CCC(C)N(C)CCNC(=O)NCCc1ccc(OC)c(OC)c1. The Morgan fingerprint density at radius 1 is 1.17 bits per heavy atom. The molecule has 0 aliphatic rings. The van der Waals surface area contributed by atoms with Gasteiger partial charge in [-0.1, -0.05) is 13.0 Å². The quantitative estimate of drug-likeness (QED) is 0.687. The van der Waals surface area contributed by atoms with Gasteiger partial charge in [-0.15, -0.1) is 0 Å². The van der Waals surface area contributed by atoms with Crippen molar-refractivity contribution in [1.82, 2.24) is 15.5 Å². The highest BCUT2D eigenvalue weighted by Crippen LogP contribution is 2.27. The molecular weight excluding hydrogens is 306 g/mol. The summed E-state index contributed by atoms with van der Waals surface area (Å²) in [4.78, 5) is 14.0. The number of amides is 2. The third kappa shape index (κ3) is 6.66. The van der Waals surface area contributed by atoms with Crippen LogP contribution >= 0.6 is 0 Å². The van der Waals surface area contributed by atoms with E-state index in [1.54, 1.807) is 14.2 Å². The molecule has 6 nitrogen and oxygen atoms in total. The summed E-state index contributed by atoms with van der Waals surface area (Å²) in [6.07, 6.45) is 1.84. The number of rotatable bonds is 10. The van der Waals surface area contributed by atoms with Gasteiger partial charge in [-0.3, -0.25) is 0 Å².